The van der Waals surface area contributed by atoms with Crippen molar-refractivity contribution in [2.45, 2.75) is 13.8 Å². The summed E-state index contributed by atoms with van der Waals surface area (Å²) >= 11 is 0. The summed E-state index contributed by atoms with van der Waals surface area (Å²) in [6.07, 6.45) is 0. The zero-order valence-corrected chi connectivity index (χ0v) is 21.7. The summed E-state index contributed by atoms with van der Waals surface area (Å²) in [4.78, 5) is 15.0. The molecule has 0 saturated carbocycles. The normalized spacial score (nSPS) is 11.1. The molecule has 0 aliphatic rings. The predicted molar refractivity (Wildman–Crippen MR) is 151 cm³/mol. The summed E-state index contributed by atoms with van der Waals surface area (Å²) in [7, 11) is 0.402. The molecule has 0 aliphatic carbocycles. The average molecular weight is 496 g/mol. The summed E-state index contributed by atoms with van der Waals surface area (Å²) in [5.41, 5.74) is 3.17. The Morgan fingerprint density at radius 1 is 0.750 bits per heavy atom. The van der Waals surface area contributed by atoms with E-state index in [4.69, 9.17) is 4.74 Å². The van der Waals surface area contributed by atoms with Crippen LogP contribution in [-0.4, -0.2) is 26.2 Å². The zero-order valence-electron chi connectivity index (χ0n) is 20.8. The van der Waals surface area contributed by atoms with E-state index < -0.39 is 7.92 Å². The van der Waals surface area contributed by atoms with Crippen LogP contribution in [0.3, 0.4) is 0 Å². The molecule has 0 atom stereocenters. The lowest BCUT2D eigenvalue weighted by Crippen LogP contribution is -2.25. The zero-order chi connectivity index (χ0) is 25.3. The molecule has 5 nitrogen and oxygen atoms in total. The summed E-state index contributed by atoms with van der Waals surface area (Å²) in [5, 5.41) is 12.2. The molecule has 0 aliphatic heterocycles. The van der Waals surface area contributed by atoms with Crippen LogP contribution in [-0.2, 0) is 4.74 Å². The van der Waals surface area contributed by atoms with Crippen molar-refractivity contribution >= 4 is 46.9 Å². The van der Waals surface area contributed by atoms with Crippen LogP contribution >= 0.6 is 7.92 Å². The van der Waals surface area contributed by atoms with Crippen LogP contribution in [0.1, 0.15) is 24.2 Å². The highest BCUT2D eigenvalue weighted by atomic mass is 31.1. The first-order valence-electron chi connectivity index (χ1n) is 12.0. The van der Waals surface area contributed by atoms with Crippen LogP contribution in [0.4, 0.5) is 17.1 Å². The van der Waals surface area contributed by atoms with Crippen molar-refractivity contribution in [3.05, 3.63) is 109 Å². The predicted octanol–water partition coefficient (Wildman–Crippen LogP) is 6.49. The van der Waals surface area contributed by atoms with E-state index in [2.05, 4.69) is 65.4 Å². The number of azo groups is 1. The van der Waals surface area contributed by atoms with E-state index in [1.807, 2.05) is 60.7 Å². The minimum Gasteiger partial charge on any atom is -0.465 e. The number of benzene rings is 4. The van der Waals surface area contributed by atoms with Gasteiger partial charge in [0.05, 0.1) is 24.0 Å². The Hall–Kier alpha value is -3.82. The maximum absolute atomic E-state index is 12.8. The standard InChI is InChI=1S/C30H30N3O2P/c1-4-33(5-2)25-19-16-23(17-20-25)31-32-24-18-21-28(30(34)35-3)29(22-24)36(26-12-8-6-9-13-26)27-14-10-7-11-15-27/h6-22H,4-5H2,1-3H3. The van der Waals surface area contributed by atoms with Crippen molar-refractivity contribution < 1.29 is 9.53 Å². The van der Waals surface area contributed by atoms with Crippen LogP contribution in [0.25, 0.3) is 0 Å². The molecule has 0 unspecified atom stereocenters. The number of rotatable bonds is 9. The molecule has 0 aromatic heterocycles. The first kappa shape index (κ1) is 25.3. The second-order valence-corrected chi connectivity index (χ2v) is 10.3. The van der Waals surface area contributed by atoms with Crippen LogP contribution in [0.5, 0.6) is 0 Å². The molecule has 0 heterocycles. The fraction of sp³-hybridized carbons (Fsp3) is 0.167. The monoisotopic (exact) mass is 495 g/mol. The molecule has 0 saturated heterocycles. The van der Waals surface area contributed by atoms with Gasteiger partial charge in [0.25, 0.3) is 0 Å². The van der Waals surface area contributed by atoms with Gasteiger partial charge in [-0.25, -0.2) is 4.79 Å². The van der Waals surface area contributed by atoms with Gasteiger partial charge < -0.3 is 9.64 Å². The molecule has 0 spiro atoms. The SMILES string of the molecule is CCN(CC)c1ccc(N=Nc2ccc(C(=O)OC)c(P(c3ccccc3)c3ccccc3)c2)cc1. The van der Waals surface area contributed by atoms with E-state index in [1.165, 1.54) is 12.8 Å². The van der Waals surface area contributed by atoms with Crippen LogP contribution < -0.4 is 20.8 Å². The Bertz CT molecular complexity index is 1270. The number of ether oxygens (including phenoxy) is 1. The van der Waals surface area contributed by atoms with Gasteiger partial charge in [0.1, 0.15) is 0 Å². The highest BCUT2D eigenvalue weighted by molar-refractivity contribution is 7.80. The summed E-state index contributed by atoms with van der Waals surface area (Å²) in [6, 6.07) is 34.2. The number of methoxy groups -OCH3 is 1. The molecule has 182 valence electrons. The second kappa shape index (κ2) is 12.2. The molecule has 0 amide bonds. The summed E-state index contributed by atoms with van der Waals surface area (Å²) in [5.74, 6) is -0.361. The van der Waals surface area contributed by atoms with Gasteiger partial charge in [-0.2, -0.15) is 10.2 Å². The Balaban J connectivity index is 1.74. The van der Waals surface area contributed by atoms with E-state index in [1.54, 1.807) is 6.07 Å². The third-order valence-electron chi connectivity index (χ3n) is 5.92. The van der Waals surface area contributed by atoms with Gasteiger partial charge in [-0.15, -0.1) is 0 Å². The van der Waals surface area contributed by atoms with Crippen molar-refractivity contribution in [2.24, 2.45) is 10.2 Å². The van der Waals surface area contributed by atoms with Crippen LogP contribution in [0.2, 0.25) is 0 Å². The van der Waals surface area contributed by atoms with Crippen molar-refractivity contribution in [3.8, 4) is 0 Å². The molecule has 0 bridgehead atoms. The molecular formula is C30H30N3O2P. The third kappa shape index (κ3) is 5.87. The lowest BCUT2D eigenvalue weighted by molar-refractivity contribution is 0.0602. The Morgan fingerprint density at radius 3 is 1.81 bits per heavy atom. The molecule has 0 fully saturated rings. The number of hydrogen-bond acceptors (Lipinski definition) is 5. The summed E-state index contributed by atoms with van der Waals surface area (Å²) in [6.45, 7) is 6.20. The van der Waals surface area contributed by atoms with Gasteiger partial charge in [-0.05, 0) is 74.8 Å². The van der Waals surface area contributed by atoms with Crippen molar-refractivity contribution in [1.29, 1.82) is 0 Å². The largest absolute Gasteiger partial charge is 0.465 e. The molecule has 4 aromatic carbocycles. The van der Waals surface area contributed by atoms with Crippen molar-refractivity contribution in [3.63, 3.8) is 0 Å². The van der Waals surface area contributed by atoms with Gasteiger partial charge in [0.15, 0.2) is 0 Å². The Morgan fingerprint density at radius 2 is 1.28 bits per heavy atom. The number of anilines is 1. The highest BCUT2D eigenvalue weighted by Crippen LogP contribution is 2.36. The van der Waals surface area contributed by atoms with Gasteiger partial charge in [-0.3, -0.25) is 0 Å². The fourth-order valence-corrected chi connectivity index (χ4v) is 6.53. The molecule has 4 rings (SSSR count). The molecule has 6 heteroatoms. The average Bonchev–Trinajstić information content (AvgIpc) is 2.94. The van der Waals surface area contributed by atoms with Gasteiger partial charge >= 0.3 is 5.97 Å². The fourth-order valence-electron chi connectivity index (χ4n) is 4.07. The van der Waals surface area contributed by atoms with E-state index >= 15 is 0 Å². The number of carbonyl (C=O) groups is 1. The van der Waals surface area contributed by atoms with E-state index in [-0.39, 0.29) is 5.97 Å². The number of nitrogens with zero attached hydrogens (tertiary/aromatic N) is 3. The van der Waals surface area contributed by atoms with Gasteiger partial charge in [0, 0.05) is 24.1 Å². The second-order valence-electron chi connectivity index (χ2n) is 8.09. The van der Waals surface area contributed by atoms with E-state index in [0.29, 0.717) is 11.3 Å². The molecule has 0 N–H and O–H groups in total. The molecular weight excluding hydrogens is 465 g/mol. The lowest BCUT2D eigenvalue weighted by Gasteiger charge is -2.21. The third-order valence-corrected chi connectivity index (χ3v) is 8.40. The van der Waals surface area contributed by atoms with Crippen molar-refractivity contribution in [2.75, 3.05) is 25.1 Å². The first-order valence-corrected chi connectivity index (χ1v) is 13.4. The number of carbonyl (C=O) groups excluding carboxylic acids is 1. The van der Waals surface area contributed by atoms with Crippen LogP contribution in [0, 0.1) is 0 Å². The molecule has 36 heavy (non-hydrogen) atoms. The van der Waals surface area contributed by atoms with Crippen LogP contribution in [0.15, 0.2) is 113 Å². The number of esters is 1. The molecule has 0 radical (unpaired) electrons. The first-order chi connectivity index (χ1) is 17.6. The summed E-state index contributed by atoms with van der Waals surface area (Å²) < 4.78 is 5.13. The van der Waals surface area contributed by atoms with Gasteiger partial charge in [-0.1, -0.05) is 60.7 Å². The van der Waals surface area contributed by atoms with Gasteiger partial charge in [0.2, 0.25) is 0 Å². The minimum atomic E-state index is -1.01. The Labute approximate surface area is 214 Å². The molecule has 4 aromatic rings. The smallest absolute Gasteiger partial charge is 0.338 e. The topological polar surface area (TPSA) is 54.3 Å². The van der Waals surface area contributed by atoms with E-state index in [9.17, 15) is 4.79 Å². The highest BCUT2D eigenvalue weighted by Gasteiger charge is 2.23. The minimum absolute atomic E-state index is 0.361. The lowest BCUT2D eigenvalue weighted by atomic mass is 10.2. The maximum atomic E-state index is 12.8. The Kier molecular flexibility index (Phi) is 8.59. The number of hydrogen-bond donors (Lipinski definition) is 0. The van der Waals surface area contributed by atoms with E-state index in [0.717, 1.165) is 34.7 Å². The maximum Gasteiger partial charge on any atom is 0.338 e. The van der Waals surface area contributed by atoms with Crippen molar-refractivity contribution in [1.82, 2.24) is 0 Å². The quantitative estimate of drug-likeness (QED) is 0.151.